The lowest BCUT2D eigenvalue weighted by Crippen LogP contribution is -2.33. The topological polar surface area (TPSA) is 80.4 Å². The van der Waals surface area contributed by atoms with Crippen LogP contribution in [0.3, 0.4) is 0 Å². The zero-order chi connectivity index (χ0) is 7.28. The first-order valence-electron chi connectivity index (χ1n) is 2.12. The molecule has 0 aromatic carbocycles. The number of carboxylic acids is 1. The van der Waals surface area contributed by atoms with Crippen molar-refractivity contribution < 1.29 is 14.1 Å². The third-order valence-corrected chi connectivity index (χ3v) is 2.05. The van der Waals surface area contributed by atoms with Gasteiger partial charge in [-0.1, -0.05) is 0 Å². The van der Waals surface area contributed by atoms with Crippen molar-refractivity contribution in [2.24, 2.45) is 5.73 Å². The minimum atomic E-state index is -1.06. The van der Waals surface area contributed by atoms with Crippen molar-refractivity contribution in [1.29, 1.82) is 0 Å². The van der Waals surface area contributed by atoms with Crippen LogP contribution in [0.2, 0.25) is 0 Å². The summed E-state index contributed by atoms with van der Waals surface area (Å²) >= 11 is 0. The van der Waals surface area contributed by atoms with Crippen molar-refractivity contribution in [3.05, 3.63) is 0 Å². The highest BCUT2D eigenvalue weighted by Crippen LogP contribution is 1.75. The predicted molar refractivity (Wildman–Crippen MR) is 37.4 cm³/mol. The van der Waals surface area contributed by atoms with Crippen molar-refractivity contribution >= 4 is 26.5 Å². The summed E-state index contributed by atoms with van der Waals surface area (Å²) in [5, 5.41) is 8.17. The van der Waals surface area contributed by atoms with Gasteiger partial charge in [0.2, 0.25) is 0 Å². The van der Waals surface area contributed by atoms with Crippen molar-refractivity contribution in [3.63, 3.8) is 0 Å². The van der Waals surface area contributed by atoms with Gasteiger partial charge in [-0.05, 0) is 0 Å². The molecule has 0 saturated carbocycles. The summed E-state index contributed by atoms with van der Waals surface area (Å²) in [5.74, 6) is -0.847. The van der Waals surface area contributed by atoms with E-state index < -0.39 is 12.0 Å². The third-order valence-electron chi connectivity index (χ3n) is 0.641. The molecule has 9 heavy (non-hydrogen) atoms. The minimum absolute atomic E-state index is 0.212. The van der Waals surface area contributed by atoms with E-state index in [2.05, 4.69) is 0 Å². The maximum atomic E-state index is 9.96. The van der Waals surface area contributed by atoms with Gasteiger partial charge in [0.15, 0.2) is 0 Å². The second-order valence-corrected chi connectivity index (χ2v) is 3.33. The molecular weight excluding hydrogens is 162 g/mol. The van der Waals surface area contributed by atoms with Gasteiger partial charge in [0.05, 0.1) is 0 Å². The van der Waals surface area contributed by atoms with Crippen LogP contribution in [0.1, 0.15) is 0 Å². The fourth-order valence-electron chi connectivity index (χ4n) is 0.189. The summed E-state index contributed by atoms with van der Waals surface area (Å²) in [6, 6.07) is -0.895. The molecule has 0 rings (SSSR count). The average molecular weight is 169 g/mol. The Morgan fingerprint density at radius 1 is 1.89 bits per heavy atom. The first-order valence-corrected chi connectivity index (χ1v) is 4.55. The van der Waals surface area contributed by atoms with Crippen molar-refractivity contribution in [3.8, 4) is 0 Å². The van der Waals surface area contributed by atoms with Gasteiger partial charge in [-0.25, -0.2) is 4.21 Å². The van der Waals surface area contributed by atoms with Crippen LogP contribution in [0, 0.1) is 0 Å². The number of carboxylic acid groups (broad SMARTS) is 1. The molecular formula is C3H7NO3S2. The highest BCUT2D eigenvalue weighted by Gasteiger charge is 2.07. The Balaban J connectivity index is 3.63. The second-order valence-electron chi connectivity index (χ2n) is 1.33. The molecule has 54 valence electrons. The van der Waals surface area contributed by atoms with E-state index in [1.807, 2.05) is 0 Å². The smallest absolute Gasteiger partial charge is 0.321 e. The molecule has 0 aliphatic heterocycles. The van der Waals surface area contributed by atoms with E-state index in [0.29, 0.717) is 20.5 Å². The van der Waals surface area contributed by atoms with E-state index in [-0.39, 0.29) is 5.75 Å². The number of hydrogen-bond acceptors (Lipinski definition) is 3. The van der Waals surface area contributed by atoms with Crippen molar-refractivity contribution in [2.45, 2.75) is 6.04 Å². The molecule has 0 bridgehead atoms. The largest absolute Gasteiger partial charge is 0.480 e. The molecule has 0 aliphatic carbocycles. The van der Waals surface area contributed by atoms with Crippen LogP contribution < -0.4 is 5.73 Å². The molecule has 0 fully saturated rings. The number of nitrogens with two attached hydrogens (primary N) is 1. The van der Waals surface area contributed by atoms with Crippen LogP contribution in [-0.2, 0) is 25.3 Å². The van der Waals surface area contributed by atoms with Gasteiger partial charge in [-0.2, -0.15) is 0 Å². The maximum absolute atomic E-state index is 9.96. The quantitative estimate of drug-likeness (QED) is 0.442. The Kier molecular flexibility index (Phi) is 4.55. The third kappa shape index (κ3) is 4.31. The Labute approximate surface area is 58.7 Å². The van der Waals surface area contributed by atoms with Gasteiger partial charge in [-0.3, -0.25) is 4.79 Å². The molecule has 0 heterocycles. The molecule has 4 nitrogen and oxygen atoms in total. The fraction of sp³-hybridized carbons (Fsp3) is 0.667. The first kappa shape index (κ1) is 8.80. The Bertz CT molecular complexity index is 153. The predicted octanol–water partition coefficient (Wildman–Crippen LogP) is -1.66. The summed E-state index contributed by atoms with van der Waals surface area (Å²) in [6.07, 6.45) is 0. The molecule has 0 spiro atoms. The van der Waals surface area contributed by atoms with E-state index in [9.17, 15) is 9.00 Å². The molecule has 0 amide bonds. The molecule has 0 unspecified atom stereocenters. The Morgan fingerprint density at radius 3 is 2.78 bits per heavy atom. The van der Waals surface area contributed by atoms with Gasteiger partial charge >= 0.3 is 5.97 Å². The Hall–Kier alpha value is -0.200. The highest BCUT2D eigenvalue weighted by molar-refractivity contribution is 8.20. The molecule has 6 heteroatoms. The van der Waals surface area contributed by atoms with Crippen LogP contribution >= 0.6 is 0 Å². The average Bonchev–Trinajstić information content (AvgIpc) is 1.82. The monoisotopic (exact) mass is 169 g/mol. The lowest BCUT2D eigenvalue weighted by atomic mass is 10.4. The molecule has 1 atom stereocenters. The normalized spacial score (nSPS) is 12.6. The van der Waals surface area contributed by atoms with Crippen LogP contribution in [0.4, 0.5) is 0 Å². The lowest BCUT2D eigenvalue weighted by molar-refractivity contribution is -0.137. The van der Waals surface area contributed by atoms with Crippen LogP contribution in [0.15, 0.2) is 0 Å². The van der Waals surface area contributed by atoms with E-state index in [1.54, 1.807) is 0 Å². The lowest BCUT2D eigenvalue weighted by Gasteiger charge is -1.97. The molecule has 0 radical (unpaired) electrons. The van der Waals surface area contributed by atoms with E-state index >= 15 is 0 Å². The molecule has 0 aromatic rings. The molecule has 0 saturated heterocycles. The molecule has 0 aliphatic rings. The number of aliphatic carboxylic acids is 1. The zero-order valence-electron chi connectivity index (χ0n) is 4.48. The molecule has 3 N–H and O–H groups in total. The van der Waals surface area contributed by atoms with E-state index in [4.69, 9.17) is 10.8 Å². The summed E-state index contributed by atoms with van der Waals surface area (Å²) < 4.78 is 9.71. The van der Waals surface area contributed by atoms with Gasteiger partial charge in [-0.15, -0.1) is 10.3 Å². The number of rotatable bonds is 3. The first-order chi connectivity index (χ1) is 4.18. The minimum Gasteiger partial charge on any atom is -0.480 e. The van der Waals surface area contributed by atoms with Gasteiger partial charge in [0.1, 0.15) is 16.3 Å². The van der Waals surface area contributed by atoms with Gasteiger partial charge < -0.3 is 10.8 Å². The summed E-state index contributed by atoms with van der Waals surface area (Å²) in [7, 11) is 0.798. The van der Waals surface area contributed by atoms with Crippen molar-refractivity contribution in [2.75, 3.05) is 5.75 Å². The van der Waals surface area contributed by atoms with Crippen LogP contribution in [0.25, 0.3) is 0 Å². The standard InChI is InChI=1S/C3H7NO3S2/c4-2(3(5)6)1-8-9-7/h2,8H,1,4H2,(H,5,6)/t2-/m0/s1. The number of hydrogen-bond donors (Lipinski definition) is 3. The summed E-state index contributed by atoms with van der Waals surface area (Å²) in [5.41, 5.74) is 5.04. The molecule has 0 aromatic heterocycles. The van der Waals surface area contributed by atoms with Gasteiger partial charge in [0.25, 0.3) is 0 Å². The van der Waals surface area contributed by atoms with E-state index in [1.165, 1.54) is 0 Å². The fourth-order valence-corrected chi connectivity index (χ4v) is 1.23. The summed E-state index contributed by atoms with van der Waals surface area (Å²) in [6.45, 7) is 0. The van der Waals surface area contributed by atoms with Crippen LogP contribution in [-0.4, -0.2) is 27.1 Å². The highest BCUT2D eigenvalue weighted by atomic mass is 32.8. The van der Waals surface area contributed by atoms with Gasteiger partial charge in [0, 0.05) is 5.75 Å². The van der Waals surface area contributed by atoms with Crippen LogP contribution in [0.5, 0.6) is 0 Å². The second kappa shape index (κ2) is 4.66. The van der Waals surface area contributed by atoms with Crippen molar-refractivity contribution in [1.82, 2.24) is 0 Å². The SMILES string of the molecule is N[C@@H](C[SH]=S=O)C(=O)O. The maximum Gasteiger partial charge on any atom is 0.321 e. The number of carbonyl (C=O) groups is 1. The Morgan fingerprint density at radius 2 is 2.44 bits per heavy atom. The van der Waals surface area contributed by atoms with E-state index in [0.717, 1.165) is 0 Å². The summed E-state index contributed by atoms with van der Waals surface area (Å²) in [4.78, 5) is 9.96. The zero-order valence-corrected chi connectivity index (χ0v) is 6.19. The number of thiol groups is 1.